The molecule has 0 saturated heterocycles. The van der Waals surface area contributed by atoms with Crippen molar-refractivity contribution in [3.63, 3.8) is 0 Å². The van der Waals surface area contributed by atoms with Crippen LogP contribution in [0.2, 0.25) is 0 Å². The first-order chi connectivity index (χ1) is 9.70. The number of hydrogen-bond acceptors (Lipinski definition) is 3. The van der Waals surface area contributed by atoms with Crippen molar-refractivity contribution in [3.8, 4) is 6.07 Å². The van der Waals surface area contributed by atoms with Gasteiger partial charge in [0.25, 0.3) is 5.91 Å². The van der Waals surface area contributed by atoms with Gasteiger partial charge in [-0.3, -0.25) is 9.36 Å². The Balaban J connectivity index is 2.14. The van der Waals surface area contributed by atoms with Gasteiger partial charge in [-0.15, -0.1) is 0 Å². The smallest absolute Gasteiger partial charge is 0.264 e. The highest BCUT2D eigenvalue weighted by atomic mass is 16.2. The van der Waals surface area contributed by atoms with Crippen molar-refractivity contribution in [2.45, 2.75) is 0 Å². The highest BCUT2D eigenvalue weighted by Crippen LogP contribution is 2.20. The van der Waals surface area contributed by atoms with Crippen LogP contribution in [0.1, 0.15) is 15.9 Å². The molecule has 0 aliphatic carbocycles. The Kier molecular flexibility index (Phi) is 2.73. The predicted molar refractivity (Wildman–Crippen MR) is 77.2 cm³/mol. The molecular formula is C16H11N3O. The number of hydrogen-bond donors (Lipinski definition) is 1. The number of carbonyl (C=O) groups excluding carboxylic acids is 1. The summed E-state index contributed by atoms with van der Waals surface area (Å²) in [5.41, 5.74) is 8.09. The molecule has 0 radical (unpaired) electrons. The molecule has 0 saturated carbocycles. The van der Waals surface area contributed by atoms with E-state index in [4.69, 9.17) is 11.0 Å². The van der Waals surface area contributed by atoms with Crippen LogP contribution in [0.4, 0.5) is 5.69 Å². The highest BCUT2D eigenvalue weighted by Gasteiger charge is 2.13. The number of anilines is 1. The van der Waals surface area contributed by atoms with E-state index in [2.05, 4.69) is 6.07 Å². The second-order valence-electron chi connectivity index (χ2n) is 4.46. The van der Waals surface area contributed by atoms with E-state index in [9.17, 15) is 4.79 Å². The fraction of sp³-hybridized carbons (Fsp3) is 0. The first kappa shape index (κ1) is 12.0. The molecule has 4 heteroatoms. The molecule has 4 nitrogen and oxygen atoms in total. The Hall–Kier alpha value is -3.06. The number of fused-ring (bicyclic) bond motifs is 1. The van der Waals surface area contributed by atoms with Crippen molar-refractivity contribution in [3.05, 3.63) is 65.9 Å². The van der Waals surface area contributed by atoms with Crippen LogP contribution in [0.15, 0.2) is 54.7 Å². The van der Waals surface area contributed by atoms with E-state index < -0.39 is 0 Å². The van der Waals surface area contributed by atoms with Gasteiger partial charge in [-0.05, 0) is 36.4 Å². The number of carbonyl (C=O) groups is 1. The molecule has 0 spiro atoms. The number of nitrogens with two attached hydrogens (primary N) is 1. The van der Waals surface area contributed by atoms with Crippen molar-refractivity contribution >= 4 is 22.5 Å². The normalized spacial score (nSPS) is 10.3. The van der Waals surface area contributed by atoms with E-state index in [1.165, 1.54) is 0 Å². The molecular weight excluding hydrogens is 250 g/mol. The average Bonchev–Trinajstić information content (AvgIpc) is 2.90. The van der Waals surface area contributed by atoms with E-state index in [-0.39, 0.29) is 5.91 Å². The molecule has 0 bridgehead atoms. The summed E-state index contributed by atoms with van der Waals surface area (Å²) in [5.74, 6) is -0.178. The minimum atomic E-state index is -0.178. The van der Waals surface area contributed by atoms with E-state index in [0.29, 0.717) is 16.8 Å². The maximum atomic E-state index is 12.5. The summed E-state index contributed by atoms with van der Waals surface area (Å²) in [6.07, 6.45) is 1.70. The van der Waals surface area contributed by atoms with Gasteiger partial charge in [0.1, 0.15) is 0 Å². The molecule has 2 aromatic carbocycles. The van der Waals surface area contributed by atoms with E-state index in [1.807, 2.05) is 6.07 Å². The number of nitriles is 1. The van der Waals surface area contributed by atoms with Gasteiger partial charge in [-0.1, -0.05) is 12.1 Å². The molecule has 3 aromatic rings. The van der Waals surface area contributed by atoms with Gasteiger partial charge >= 0.3 is 0 Å². The summed E-state index contributed by atoms with van der Waals surface area (Å²) in [5, 5.41) is 9.74. The second-order valence-corrected chi connectivity index (χ2v) is 4.46. The molecule has 1 heterocycles. The molecule has 0 unspecified atom stereocenters. The van der Waals surface area contributed by atoms with Crippen LogP contribution in [-0.2, 0) is 0 Å². The molecule has 96 valence electrons. The van der Waals surface area contributed by atoms with E-state index in [0.717, 1.165) is 10.9 Å². The lowest BCUT2D eigenvalue weighted by Crippen LogP contribution is -2.12. The zero-order chi connectivity index (χ0) is 14.1. The fourth-order valence-corrected chi connectivity index (χ4v) is 2.21. The quantitative estimate of drug-likeness (QED) is 0.684. The van der Waals surface area contributed by atoms with Crippen LogP contribution in [0.25, 0.3) is 10.9 Å². The SMILES string of the molecule is N#Cc1ccc2c(ccn2C(=O)c2ccccc2N)c1. The fourth-order valence-electron chi connectivity index (χ4n) is 2.21. The van der Waals surface area contributed by atoms with Gasteiger partial charge in [-0.25, -0.2) is 0 Å². The number of aromatic nitrogens is 1. The van der Waals surface area contributed by atoms with Crippen molar-refractivity contribution in [1.29, 1.82) is 5.26 Å². The third kappa shape index (κ3) is 1.82. The van der Waals surface area contributed by atoms with Crippen LogP contribution >= 0.6 is 0 Å². The van der Waals surface area contributed by atoms with E-state index in [1.54, 1.807) is 53.2 Å². The zero-order valence-corrected chi connectivity index (χ0v) is 10.6. The summed E-state index contributed by atoms with van der Waals surface area (Å²) in [7, 11) is 0. The lowest BCUT2D eigenvalue weighted by atomic mass is 10.1. The van der Waals surface area contributed by atoms with Crippen molar-refractivity contribution in [2.24, 2.45) is 0 Å². The van der Waals surface area contributed by atoms with Crippen molar-refractivity contribution in [1.82, 2.24) is 4.57 Å². The maximum absolute atomic E-state index is 12.5. The van der Waals surface area contributed by atoms with Gasteiger partial charge in [0.2, 0.25) is 0 Å². The van der Waals surface area contributed by atoms with Gasteiger partial charge in [-0.2, -0.15) is 5.26 Å². The molecule has 3 rings (SSSR count). The first-order valence-electron chi connectivity index (χ1n) is 6.11. The van der Waals surface area contributed by atoms with Crippen LogP contribution in [0, 0.1) is 11.3 Å². The first-order valence-corrected chi connectivity index (χ1v) is 6.11. The van der Waals surface area contributed by atoms with Gasteiger partial charge in [0, 0.05) is 17.3 Å². The van der Waals surface area contributed by atoms with Crippen molar-refractivity contribution in [2.75, 3.05) is 5.73 Å². The lowest BCUT2D eigenvalue weighted by molar-refractivity contribution is 0.0966. The largest absolute Gasteiger partial charge is 0.398 e. The molecule has 0 aliphatic rings. The Morgan fingerprint density at radius 1 is 1.15 bits per heavy atom. The molecule has 1 aromatic heterocycles. The van der Waals surface area contributed by atoms with Crippen LogP contribution in [0.5, 0.6) is 0 Å². The number of rotatable bonds is 1. The Morgan fingerprint density at radius 3 is 2.70 bits per heavy atom. The maximum Gasteiger partial charge on any atom is 0.264 e. The van der Waals surface area contributed by atoms with Gasteiger partial charge in [0.05, 0.1) is 22.7 Å². The molecule has 0 fully saturated rings. The Bertz CT molecular complexity index is 856. The average molecular weight is 261 g/mol. The molecule has 0 atom stereocenters. The highest BCUT2D eigenvalue weighted by molar-refractivity contribution is 6.05. The molecule has 2 N–H and O–H groups in total. The van der Waals surface area contributed by atoms with Crippen LogP contribution in [-0.4, -0.2) is 10.5 Å². The summed E-state index contributed by atoms with van der Waals surface area (Å²) in [6.45, 7) is 0. The van der Waals surface area contributed by atoms with Gasteiger partial charge in [0.15, 0.2) is 0 Å². The summed E-state index contributed by atoms with van der Waals surface area (Å²) in [6, 6.07) is 16.1. The summed E-state index contributed by atoms with van der Waals surface area (Å²) < 4.78 is 1.54. The van der Waals surface area contributed by atoms with Crippen LogP contribution in [0.3, 0.4) is 0 Å². The minimum Gasteiger partial charge on any atom is -0.398 e. The zero-order valence-electron chi connectivity index (χ0n) is 10.6. The predicted octanol–water partition coefficient (Wildman–Crippen LogP) is 2.78. The second kappa shape index (κ2) is 4.56. The number of nitrogens with zero attached hydrogens (tertiary/aromatic N) is 2. The van der Waals surface area contributed by atoms with Gasteiger partial charge < -0.3 is 5.73 Å². The number of nitrogen functional groups attached to an aromatic ring is 1. The molecule has 0 aliphatic heterocycles. The standard InChI is InChI=1S/C16H11N3O/c17-10-11-5-6-15-12(9-11)7-8-19(15)16(20)13-3-1-2-4-14(13)18/h1-9H,18H2. The minimum absolute atomic E-state index is 0.178. The molecule has 20 heavy (non-hydrogen) atoms. The summed E-state index contributed by atoms with van der Waals surface area (Å²) in [4.78, 5) is 12.5. The molecule has 0 amide bonds. The Morgan fingerprint density at radius 2 is 1.95 bits per heavy atom. The third-order valence-corrected chi connectivity index (χ3v) is 3.23. The van der Waals surface area contributed by atoms with Crippen LogP contribution < -0.4 is 5.73 Å². The third-order valence-electron chi connectivity index (χ3n) is 3.23. The van der Waals surface area contributed by atoms with E-state index >= 15 is 0 Å². The lowest BCUT2D eigenvalue weighted by Gasteiger charge is -2.06. The number of para-hydroxylation sites is 1. The Labute approximate surface area is 115 Å². The number of benzene rings is 2. The monoisotopic (exact) mass is 261 g/mol. The summed E-state index contributed by atoms with van der Waals surface area (Å²) >= 11 is 0. The topological polar surface area (TPSA) is 71.8 Å². The van der Waals surface area contributed by atoms with Crippen molar-refractivity contribution < 1.29 is 4.79 Å².